The normalized spacial score (nSPS) is 17.4. The fourth-order valence-corrected chi connectivity index (χ4v) is 18.6. The van der Waals surface area contributed by atoms with Crippen molar-refractivity contribution in [1.29, 1.82) is 0 Å². The molecular weight excluding hydrogens is 1140 g/mol. The summed E-state index contributed by atoms with van der Waals surface area (Å²) in [6.45, 7) is 29.1. The average molecular weight is 1210 g/mol. The lowest BCUT2D eigenvalue weighted by molar-refractivity contribution is 0.597. The van der Waals surface area contributed by atoms with Gasteiger partial charge in [0.25, 0.3) is 0 Å². The maximum Gasteiger partial charge on any atom is 0.0544 e. The van der Waals surface area contributed by atoms with Crippen LogP contribution in [0.4, 0.5) is 51.2 Å². The van der Waals surface area contributed by atoms with E-state index >= 15 is 0 Å². The summed E-state index contributed by atoms with van der Waals surface area (Å²) < 4.78 is 2.53. The molecule has 1 aromatic heterocycles. The third-order valence-corrected chi connectivity index (χ3v) is 23.8. The molecule has 6 aliphatic heterocycles. The zero-order valence-electron chi connectivity index (χ0n) is 55.9. The standard InChI is InChI=1S/C90H76N4/c1-85(2)62-25-13-19-31-76(62)92-77-32-20-14-26-63(77)86(3,4)69-48-56(47-68(85)82(69)92)53-37-41-59(42-38-53)91-74-43-39-54(57-49-70-83-71(50-57)88(7,8)65-28-16-22-34-79(65)93(83)78-33-21-15-27-64(78)87(70,5)6)45-60(74)61-46-55(40-44-75(61)91)58-51-72-84-73(52-58)90(11,12)67-30-18-24-36-81(67)94(84)80-35-23-17-29-66(80)89(72,9)10/h13-52H,1-12H3. The molecule has 7 heterocycles. The van der Waals surface area contributed by atoms with Crippen LogP contribution >= 0.6 is 0 Å². The zero-order valence-corrected chi connectivity index (χ0v) is 55.9. The zero-order chi connectivity index (χ0) is 64.1. The highest BCUT2D eigenvalue weighted by atomic mass is 15.2. The predicted molar refractivity (Wildman–Crippen MR) is 394 cm³/mol. The molecule has 456 valence electrons. The van der Waals surface area contributed by atoms with Crippen molar-refractivity contribution in [2.75, 3.05) is 14.7 Å². The summed E-state index contributed by atoms with van der Waals surface area (Å²) in [7, 11) is 0. The van der Waals surface area contributed by atoms with Gasteiger partial charge in [-0.25, -0.2) is 0 Å². The number of benzene rings is 12. The van der Waals surface area contributed by atoms with Crippen molar-refractivity contribution in [2.24, 2.45) is 0 Å². The number of aromatic nitrogens is 1. The Morgan fingerprint density at radius 2 is 0.426 bits per heavy atom. The van der Waals surface area contributed by atoms with Gasteiger partial charge >= 0.3 is 0 Å². The Labute approximate surface area is 553 Å². The number of hydrogen-bond acceptors (Lipinski definition) is 3. The summed E-state index contributed by atoms with van der Waals surface area (Å²) in [5.41, 5.74) is 37.3. The van der Waals surface area contributed by atoms with Crippen molar-refractivity contribution < 1.29 is 0 Å². The van der Waals surface area contributed by atoms with Crippen molar-refractivity contribution in [3.8, 4) is 39.1 Å². The third-order valence-electron chi connectivity index (χ3n) is 23.8. The SMILES string of the molecule is CC1(C)c2ccccc2N2c3ccccc3C(C)(C)c3cc(-c4ccc(-n5c6ccc(-c7cc8c9c(c7)C(C)(C)c7ccccc7N9c7ccccc7C8(C)C)cc6c6cc(-c7cc8c9c(c7)C(C)(C)c7ccccc7N9c7ccccc7C8(C)C)ccc65)cc4)cc1c32. The molecule has 0 fully saturated rings. The first-order valence-corrected chi connectivity index (χ1v) is 33.9. The molecule has 19 rings (SSSR count). The number of anilines is 9. The van der Waals surface area contributed by atoms with Gasteiger partial charge in [0.1, 0.15) is 0 Å². The van der Waals surface area contributed by atoms with Gasteiger partial charge in [-0.2, -0.15) is 0 Å². The molecule has 12 aromatic carbocycles. The second-order valence-electron chi connectivity index (χ2n) is 31.0. The van der Waals surface area contributed by atoms with Crippen LogP contribution in [0.2, 0.25) is 0 Å². The van der Waals surface area contributed by atoms with Crippen LogP contribution in [-0.2, 0) is 32.5 Å². The lowest BCUT2D eigenvalue weighted by Crippen LogP contribution is -2.38. The van der Waals surface area contributed by atoms with E-state index in [2.05, 4.69) is 345 Å². The van der Waals surface area contributed by atoms with E-state index in [-0.39, 0.29) is 32.5 Å². The highest BCUT2D eigenvalue weighted by Crippen LogP contribution is 2.65. The second kappa shape index (κ2) is 18.4. The van der Waals surface area contributed by atoms with Crippen LogP contribution in [0.15, 0.2) is 243 Å². The second-order valence-corrected chi connectivity index (χ2v) is 31.0. The van der Waals surface area contributed by atoms with Gasteiger partial charge in [0, 0.05) is 48.9 Å². The molecule has 0 saturated heterocycles. The summed E-state index contributed by atoms with van der Waals surface area (Å²) in [6, 6.07) is 93.7. The molecule has 0 saturated carbocycles. The van der Waals surface area contributed by atoms with Crippen LogP contribution in [0.1, 0.15) is 150 Å². The van der Waals surface area contributed by atoms with E-state index in [1.54, 1.807) is 0 Å². The summed E-state index contributed by atoms with van der Waals surface area (Å²) in [6.07, 6.45) is 0. The molecule has 94 heavy (non-hydrogen) atoms. The molecule has 0 bridgehead atoms. The highest BCUT2D eigenvalue weighted by Gasteiger charge is 2.49. The number of rotatable bonds is 4. The molecule has 0 unspecified atom stereocenters. The Hall–Kier alpha value is -10.2. The molecule has 0 radical (unpaired) electrons. The topological polar surface area (TPSA) is 14.7 Å². The van der Waals surface area contributed by atoms with Crippen molar-refractivity contribution in [2.45, 2.75) is 116 Å². The lowest BCUT2D eigenvalue weighted by atomic mass is 9.65. The van der Waals surface area contributed by atoms with Gasteiger partial charge in [-0.1, -0.05) is 217 Å². The van der Waals surface area contributed by atoms with Crippen LogP contribution in [0.3, 0.4) is 0 Å². The maximum atomic E-state index is 2.57. The molecule has 0 aliphatic carbocycles. The van der Waals surface area contributed by atoms with Crippen LogP contribution in [0.25, 0.3) is 60.9 Å². The van der Waals surface area contributed by atoms with E-state index in [1.807, 2.05) is 0 Å². The van der Waals surface area contributed by atoms with E-state index in [1.165, 1.54) is 173 Å². The number of para-hydroxylation sites is 6. The predicted octanol–water partition coefficient (Wildman–Crippen LogP) is 24.0. The molecule has 4 nitrogen and oxygen atoms in total. The summed E-state index contributed by atoms with van der Waals surface area (Å²) in [5, 5.41) is 2.47. The third kappa shape index (κ3) is 7.03. The number of fused-ring (bicyclic) bond motifs is 15. The van der Waals surface area contributed by atoms with Gasteiger partial charge in [0.05, 0.1) is 62.2 Å². The first-order valence-electron chi connectivity index (χ1n) is 33.9. The van der Waals surface area contributed by atoms with Crippen LogP contribution in [0, 0.1) is 0 Å². The minimum Gasteiger partial charge on any atom is -0.309 e. The summed E-state index contributed by atoms with van der Waals surface area (Å²) in [4.78, 5) is 7.70. The molecule has 0 spiro atoms. The molecule has 6 aliphatic rings. The highest BCUT2D eigenvalue weighted by molar-refractivity contribution is 6.12. The van der Waals surface area contributed by atoms with E-state index in [0.717, 1.165) is 5.69 Å². The Morgan fingerprint density at radius 3 is 0.681 bits per heavy atom. The van der Waals surface area contributed by atoms with E-state index in [0.29, 0.717) is 0 Å². The summed E-state index contributed by atoms with van der Waals surface area (Å²) in [5.74, 6) is 0. The van der Waals surface area contributed by atoms with E-state index in [4.69, 9.17) is 0 Å². The minimum atomic E-state index is -0.255. The first kappa shape index (κ1) is 55.5. The molecule has 4 heteroatoms. The quantitative estimate of drug-likeness (QED) is 0.175. The fraction of sp³-hybridized carbons (Fsp3) is 0.200. The van der Waals surface area contributed by atoms with Gasteiger partial charge in [-0.05, 0) is 209 Å². The lowest BCUT2D eigenvalue weighted by Gasteiger charge is -2.49. The van der Waals surface area contributed by atoms with Gasteiger partial charge in [0.15, 0.2) is 0 Å². The van der Waals surface area contributed by atoms with Crippen LogP contribution in [-0.4, -0.2) is 4.57 Å². The van der Waals surface area contributed by atoms with Gasteiger partial charge in [-0.15, -0.1) is 0 Å². The van der Waals surface area contributed by atoms with Gasteiger partial charge in [-0.3, -0.25) is 0 Å². The van der Waals surface area contributed by atoms with E-state index in [9.17, 15) is 0 Å². The van der Waals surface area contributed by atoms with Crippen molar-refractivity contribution in [3.05, 3.63) is 309 Å². The van der Waals surface area contributed by atoms with Crippen LogP contribution in [0.5, 0.6) is 0 Å². The maximum absolute atomic E-state index is 2.57. The Balaban J connectivity index is 0.813. The first-order chi connectivity index (χ1) is 45.2. The molecule has 0 atom stereocenters. The molecule has 0 N–H and O–H groups in total. The number of nitrogens with zero attached hydrogens (tertiary/aromatic N) is 4. The Kier molecular flexibility index (Phi) is 10.8. The fourth-order valence-electron chi connectivity index (χ4n) is 18.6. The number of hydrogen-bond donors (Lipinski definition) is 0. The van der Waals surface area contributed by atoms with Crippen molar-refractivity contribution >= 4 is 73.0 Å². The summed E-state index contributed by atoms with van der Waals surface area (Å²) >= 11 is 0. The van der Waals surface area contributed by atoms with E-state index < -0.39 is 0 Å². The average Bonchev–Trinajstić information content (AvgIpc) is 0.942. The van der Waals surface area contributed by atoms with Crippen molar-refractivity contribution in [3.63, 3.8) is 0 Å². The molecular formula is C90H76N4. The largest absolute Gasteiger partial charge is 0.309 e. The molecule has 0 amide bonds. The Bertz CT molecular complexity index is 5050. The van der Waals surface area contributed by atoms with Crippen molar-refractivity contribution in [1.82, 2.24) is 4.57 Å². The van der Waals surface area contributed by atoms with Gasteiger partial charge in [0.2, 0.25) is 0 Å². The monoisotopic (exact) mass is 1210 g/mol. The van der Waals surface area contributed by atoms with Crippen LogP contribution < -0.4 is 14.7 Å². The minimum absolute atomic E-state index is 0.226. The Morgan fingerprint density at radius 1 is 0.202 bits per heavy atom. The molecule has 13 aromatic rings. The smallest absolute Gasteiger partial charge is 0.0544 e. The van der Waals surface area contributed by atoms with Gasteiger partial charge < -0.3 is 19.3 Å².